The van der Waals surface area contributed by atoms with Gasteiger partial charge in [0.05, 0.1) is 25.1 Å². The number of methoxy groups -OCH3 is 2. The molecule has 94 valence electrons. The van der Waals surface area contributed by atoms with Gasteiger partial charge in [-0.15, -0.1) is 0 Å². The van der Waals surface area contributed by atoms with Crippen molar-refractivity contribution in [2.24, 2.45) is 0 Å². The minimum atomic E-state index is -0.862. The number of carboxylic acid groups (broad SMARTS) is 1. The second-order valence-corrected chi connectivity index (χ2v) is 4.34. The summed E-state index contributed by atoms with van der Waals surface area (Å²) in [6.45, 7) is 1.95. The fourth-order valence-corrected chi connectivity index (χ4v) is 2.43. The lowest BCUT2D eigenvalue weighted by molar-refractivity contribution is -0.136. The first-order valence-electron chi connectivity index (χ1n) is 5.19. The second kappa shape index (κ2) is 5.91. The van der Waals surface area contributed by atoms with E-state index in [1.165, 1.54) is 0 Å². The van der Waals surface area contributed by atoms with Gasteiger partial charge in [-0.3, -0.25) is 4.79 Å². The largest absolute Gasteiger partial charge is 0.493 e. The van der Waals surface area contributed by atoms with Crippen molar-refractivity contribution >= 4 is 21.9 Å². The summed E-state index contributed by atoms with van der Waals surface area (Å²) in [6, 6.07) is 1.77. The third-order valence-corrected chi connectivity index (χ3v) is 3.08. The summed E-state index contributed by atoms with van der Waals surface area (Å²) < 4.78 is 11.3. The molecule has 0 aromatic heterocycles. The van der Waals surface area contributed by atoms with E-state index >= 15 is 0 Å². The maximum atomic E-state index is 10.8. The summed E-state index contributed by atoms with van der Waals surface area (Å²) in [5.74, 6) is 0.331. The van der Waals surface area contributed by atoms with E-state index in [1.54, 1.807) is 20.3 Å². The molecule has 0 fully saturated rings. The van der Waals surface area contributed by atoms with Crippen LogP contribution in [0.3, 0.4) is 0 Å². The van der Waals surface area contributed by atoms with Gasteiger partial charge in [-0.1, -0.05) is 6.92 Å². The molecule has 0 unspecified atom stereocenters. The average Bonchev–Trinajstić information content (AvgIpc) is 2.27. The van der Waals surface area contributed by atoms with Gasteiger partial charge < -0.3 is 14.6 Å². The van der Waals surface area contributed by atoms with Crippen molar-refractivity contribution in [3.05, 3.63) is 21.7 Å². The SMILES string of the molecule is CCc1c(CC(=O)O)cc(Br)c(OC)c1OC. The molecule has 0 atom stereocenters. The molecule has 1 N–H and O–H groups in total. The molecule has 1 rings (SSSR count). The molecule has 0 saturated heterocycles. The van der Waals surface area contributed by atoms with E-state index < -0.39 is 5.97 Å². The maximum absolute atomic E-state index is 10.8. The van der Waals surface area contributed by atoms with Crippen LogP contribution in [0.2, 0.25) is 0 Å². The molecule has 17 heavy (non-hydrogen) atoms. The van der Waals surface area contributed by atoms with Gasteiger partial charge in [0.15, 0.2) is 11.5 Å². The van der Waals surface area contributed by atoms with Crippen LogP contribution in [0.1, 0.15) is 18.1 Å². The Kier molecular flexibility index (Phi) is 4.81. The molecule has 1 aromatic carbocycles. The highest BCUT2D eigenvalue weighted by molar-refractivity contribution is 9.10. The van der Waals surface area contributed by atoms with Crippen molar-refractivity contribution in [3.8, 4) is 11.5 Å². The monoisotopic (exact) mass is 302 g/mol. The minimum Gasteiger partial charge on any atom is -0.493 e. The predicted molar refractivity (Wildman–Crippen MR) is 68.0 cm³/mol. The zero-order valence-electron chi connectivity index (χ0n) is 10.0. The van der Waals surface area contributed by atoms with Gasteiger partial charge in [-0.2, -0.15) is 0 Å². The van der Waals surface area contributed by atoms with Crippen LogP contribution in [0.15, 0.2) is 10.5 Å². The Morgan fingerprint density at radius 3 is 2.35 bits per heavy atom. The van der Waals surface area contributed by atoms with E-state index in [9.17, 15) is 4.79 Å². The standard InChI is InChI=1S/C12H15BrO4/c1-4-8-7(6-10(14)15)5-9(13)12(17-3)11(8)16-2/h5H,4,6H2,1-3H3,(H,14,15). The number of halogens is 1. The van der Waals surface area contributed by atoms with Gasteiger partial charge in [-0.05, 0) is 34.0 Å². The number of carbonyl (C=O) groups is 1. The molecule has 0 bridgehead atoms. The fraction of sp³-hybridized carbons (Fsp3) is 0.417. The van der Waals surface area contributed by atoms with Gasteiger partial charge in [0.25, 0.3) is 0 Å². The van der Waals surface area contributed by atoms with E-state index in [2.05, 4.69) is 15.9 Å². The Morgan fingerprint density at radius 2 is 1.94 bits per heavy atom. The molecule has 1 aromatic rings. The van der Waals surface area contributed by atoms with Crippen molar-refractivity contribution in [3.63, 3.8) is 0 Å². The molecule has 0 spiro atoms. The summed E-state index contributed by atoms with van der Waals surface area (Å²) in [6.07, 6.45) is 0.664. The first-order valence-corrected chi connectivity index (χ1v) is 5.98. The lowest BCUT2D eigenvalue weighted by Gasteiger charge is -2.16. The Hall–Kier alpha value is -1.23. The van der Waals surface area contributed by atoms with Crippen LogP contribution in [0, 0.1) is 0 Å². The van der Waals surface area contributed by atoms with Gasteiger partial charge in [0, 0.05) is 5.56 Å². The highest BCUT2D eigenvalue weighted by Gasteiger charge is 2.18. The van der Waals surface area contributed by atoms with Gasteiger partial charge in [0.2, 0.25) is 0 Å². The van der Waals surface area contributed by atoms with E-state index in [4.69, 9.17) is 14.6 Å². The molecule has 0 saturated carbocycles. The maximum Gasteiger partial charge on any atom is 0.307 e. The van der Waals surface area contributed by atoms with Crippen LogP contribution in [-0.4, -0.2) is 25.3 Å². The molecular formula is C12H15BrO4. The second-order valence-electron chi connectivity index (χ2n) is 3.49. The molecule has 0 aliphatic rings. The third-order valence-electron chi connectivity index (χ3n) is 2.49. The van der Waals surface area contributed by atoms with Crippen LogP contribution in [0.25, 0.3) is 0 Å². The lowest BCUT2D eigenvalue weighted by Crippen LogP contribution is -2.06. The minimum absolute atomic E-state index is 0.0257. The highest BCUT2D eigenvalue weighted by Crippen LogP contribution is 2.40. The Morgan fingerprint density at radius 1 is 1.35 bits per heavy atom. The summed E-state index contributed by atoms with van der Waals surface area (Å²) >= 11 is 3.35. The summed E-state index contributed by atoms with van der Waals surface area (Å²) in [5.41, 5.74) is 1.61. The zero-order chi connectivity index (χ0) is 13.0. The smallest absolute Gasteiger partial charge is 0.307 e. The van der Waals surface area contributed by atoms with E-state index in [0.717, 1.165) is 11.1 Å². The Bertz CT molecular complexity index is 429. The molecule has 0 radical (unpaired) electrons. The van der Waals surface area contributed by atoms with E-state index in [-0.39, 0.29) is 6.42 Å². The van der Waals surface area contributed by atoms with Crippen LogP contribution >= 0.6 is 15.9 Å². The van der Waals surface area contributed by atoms with Crippen molar-refractivity contribution < 1.29 is 19.4 Å². The lowest BCUT2D eigenvalue weighted by atomic mass is 10.0. The van der Waals surface area contributed by atoms with Crippen LogP contribution < -0.4 is 9.47 Å². The van der Waals surface area contributed by atoms with Crippen LogP contribution in [0.5, 0.6) is 11.5 Å². The third kappa shape index (κ3) is 2.91. The van der Waals surface area contributed by atoms with Gasteiger partial charge in [0.1, 0.15) is 0 Å². The molecule has 4 nitrogen and oxygen atoms in total. The summed E-state index contributed by atoms with van der Waals surface area (Å²) in [7, 11) is 3.10. The Balaban J connectivity index is 3.41. The van der Waals surface area contributed by atoms with E-state index in [0.29, 0.717) is 22.4 Å². The van der Waals surface area contributed by atoms with Crippen molar-refractivity contribution in [1.29, 1.82) is 0 Å². The molecule has 0 aliphatic carbocycles. The molecule has 0 amide bonds. The normalized spacial score (nSPS) is 10.1. The molecule has 0 heterocycles. The fourth-order valence-electron chi connectivity index (χ4n) is 1.81. The van der Waals surface area contributed by atoms with Crippen LogP contribution in [-0.2, 0) is 17.6 Å². The number of ether oxygens (including phenoxy) is 2. The molecule has 0 aliphatic heterocycles. The molecule has 5 heteroatoms. The number of aliphatic carboxylic acids is 1. The Labute approximate surface area is 109 Å². The summed E-state index contributed by atoms with van der Waals surface area (Å²) in [5, 5.41) is 8.88. The van der Waals surface area contributed by atoms with Crippen molar-refractivity contribution in [1.82, 2.24) is 0 Å². The number of benzene rings is 1. The zero-order valence-corrected chi connectivity index (χ0v) is 11.6. The number of carboxylic acids is 1. The van der Waals surface area contributed by atoms with Gasteiger partial charge in [-0.25, -0.2) is 0 Å². The quantitative estimate of drug-likeness (QED) is 0.908. The van der Waals surface area contributed by atoms with Crippen LogP contribution in [0.4, 0.5) is 0 Å². The first-order chi connectivity index (χ1) is 8.04. The van der Waals surface area contributed by atoms with Crippen molar-refractivity contribution in [2.75, 3.05) is 14.2 Å². The summed E-state index contributed by atoms with van der Waals surface area (Å²) in [4.78, 5) is 10.8. The number of hydrogen-bond donors (Lipinski definition) is 1. The van der Waals surface area contributed by atoms with E-state index in [1.807, 2.05) is 6.92 Å². The average molecular weight is 303 g/mol. The van der Waals surface area contributed by atoms with Gasteiger partial charge >= 0.3 is 5.97 Å². The van der Waals surface area contributed by atoms with Crippen molar-refractivity contribution in [2.45, 2.75) is 19.8 Å². The number of rotatable bonds is 5. The number of hydrogen-bond acceptors (Lipinski definition) is 3. The molecular weight excluding hydrogens is 288 g/mol. The topological polar surface area (TPSA) is 55.8 Å². The first kappa shape index (κ1) is 13.8. The highest BCUT2D eigenvalue weighted by atomic mass is 79.9. The predicted octanol–water partition coefficient (Wildman–Crippen LogP) is 2.66.